The Morgan fingerprint density at radius 1 is 1.21 bits per heavy atom. The van der Waals surface area contributed by atoms with E-state index in [-0.39, 0.29) is 0 Å². The molecule has 0 spiro atoms. The van der Waals surface area contributed by atoms with E-state index in [4.69, 9.17) is 9.47 Å². The molecule has 19 heavy (non-hydrogen) atoms. The van der Waals surface area contributed by atoms with Gasteiger partial charge in [0.25, 0.3) is 0 Å². The minimum atomic E-state index is 0.324. The van der Waals surface area contributed by atoms with Crippen molar-refractivity contribution in [2.45, 2.75) is 37.8 Å². The van der Waals surface area contributed by atoms with Crippen molar-refractivity contribution in [1.82, 2.24) is 0 Å². The van der Waals surface area contributed by atoms with Gasteiger partial charge >= 0.3 is 0 Å². The summed E-state index contributed by atoms with van der Waals surface area (Å²) in [6, 6.07) is 12.7. The maximum Gasteiger partial charge on any atom is 0.110 e. The normalized spacial score (nSPS) is 28.3. The van der Waals surface area contributed by atoms with Gasteiger partial charge in [0.1, 0.15) is 6.10 Å². The van der Waals surface area contributed by atoms with E-state index in [0.717, 1.165) is 6.42 Å². The maximum absolute atomic E-state index is 5.97. The van der Waals surface area contributed by atoms with Crippen LogP contribution in [0.5, 0.6) is 0 Å². The van der Waals surface area contributed by atoms with Crippen LogP contribution in [0.2, 0.25) is 0 Å². The molecular weight excluding hydrogens is 256 g/mol. The van der Waals surface area contributed by atoms with Gasteiger partial charge < -0.3 is 9.47 Å². The van der Waals surface area contributed by atoms with Gasteiger partial charge in [-0.2, -0.15) is 0 Å². The fourth-order valence-corrected chi connectivity index (χ4v) is 3.70. The highest BCUT2D eigenvalue weighted by Gasteiger charge is 2.50. The molecule has 2 heterocycles. The Morgan fingerprint density at radius 2 is 2.11 bits per heavy atom. The summed E-state index contributed by atoms with van der Waals surface area (Å²) >= 11 is 1.79. The van der Waals surface area contributed by atoms with Crippen molar-refractivity contribution in [1.29, 1.82) is 0 Å². The standard InChI is InChI=1S/C16H16O2S/c1-2-4-12(5-3-1)15-8-11(10-19-15)9-17-13-6-7-14-16(13)18-14/h1-5,8,10,13-14,16H,6-7,9H2/t13-,14+,16-/m0/s1. The van der Waals surface area contributed by atoms with Gasteiger partial charge in [0.15, 0.2) is 0 Å². The predicted molar refractivity (Wildman–Crippen MR) is 76.2 cm³/mol. The van der Waals surface area contributed by atoms with Crippen molar-refractivity contribution in [2.24, 2.45) is 0 Å². The first kappa shape index (κ1) is 11.6. The number of thiophene rings is 1. The number of ether oxygens (including phenoxy) is 2. The van der Waals surface area contributed by atoms with Crippen LogP contribution in [0.1, 0.15) is 18.4 Å². The number of rotatable bonds is 4. The van der Waals surface area contributed by atoms with Crippen molar-refractivity contribution >= 4 is 11.3 Å². The number of fused-ring (bicyclic) bond motifs is 1. The topological polar surface area (TPSA) is 21.8 Å². The van der Waals surface area contributed by atoms with Crippen molar-refractivity contribution in [2.75, 3.05) is 0 Å². The highest BCUT2D eigenvalue weighted by atomic mass is 32.1. The first-order valence-electron chi connectivity index (χ1n) is 6.80. The summed E-state index contributed by atoms with van der Waals surface area (Å²) in [5.74, 6) is 0. The first-order valence-corrected chi connectivity index (χ1v) is 7.68. The molecule has 2 aromatic rings. The number of hydrogen-bond donors (Lipinski definition) is 0. The van der Waals surface area contributed by atoms with E-state index in [9.17, 15) is 0 Å². The van der Waals surface area contributed by atoms with E-state index >= 15 is 0 Å². The summed E-state index contributed by atoms with van der Waals surface area (Å²) in [7, 11) is 0. The Hall–Kier alpha value is -1.16. The van der Waals surface area contributed by atoms with E-state index in [1.54, 1.807) is 11.3 Å². The predicted octanol–water partition coefficient (Wildman–Crippen LogP) is 3.86. The van der Waals surface area contributed by atoms with E-state index in [1.807, 2.05) is 6.07 Å². The summed E-state index contributed by atoms with van der Waals surface area (Å²) in [5.41, 5.74) is 2.55. The van der Waals surface area contributed by atoms with Gasteiger partial charge in [0, 0.05) is 4.88 Å². The Bertz CT molecular complexity index is 563. The first-order chi connectivity index (χ1) is 9.40. The molecule has 0 unspecified atom stereocenters. The van der Waals surface area contributed by atoms with Gasteiger partial charge in [-0.05, 0) is 35.4 Å². The van der Waals surface area contributed by atoms with Crippen molar-refractivity contribution < 1.29 is 9.47 Å². The fourth-order valence-electron chi connectivity index (χ4n) is 2.80. The Balaban J connectivity index is 1.41. The molecule has 3 heteroatoms. The van der Waals surface area contributed by atoms with Gasteiger partial charge in [-0.15, -0.1) is 11.3 Å². The molecule has 1 saturated carbocycles. The average molecular weight is 272 g/mol. The van der Waals surface area contributed by atoms with Crippen LogP contribution in [0.4, 0.5) is 0 Å². The number of hydrogen-bond acceptors (Lipinski definition) is 3. The lowest BCUT2D eigenvalue weighted by molar-refractivity contribution is 0.0162. The molecule has 2 fully saturated rings. The Labute approximate surface area is 117 Å². The van der Waals surface area contributed by atoms with Crippen LogP contribution in [0.15, 0.2) is 41.8 Å². The molecule has 0 bridgehead atoms. The van der Waals surface area contributed by atoms with Gasteiger partial charge in [-0.25, -0.2) is 0 Å². The van der Waals surface area contributed by atoms with Crippen LogP contribution in [-0.2, 0) is 16.1 Å². The number of benzene rings is 1. The van der Waals surface area contributed by atoms with Gasteiger partial charge in [0.2, 0.25) is 0 Å². The van der Waals surface area contributed by atoms with Crippen LogP contribution in [0, 0.1) is 0 Å². The van der Waals surface area contributed by atoms with Gasteiger partial charge in [-0.3, -0.25) is 0 Å². The van der Waals surface area contributed by atoms with Crippen LogP contribution in [0.3, 0.4) is 0 Å². The largest absolute Gasteiger partial charge is 0.371 e. The minimum absolute atomic E-state index is 0.324. The highest BCUT2D eigenvalue weighted by Crippen LogP contribution is 2.40. The monoisotopic (exact) mass is 272 g/mol. The van der Waals surface area contributed by atoms with Crippen LogP contribution >= 0.6 is 11.3 Å². The summed E-state index contributed by atoms with van der Waals surface area (Å²) < 4.78 is 11.5. The molecule has 1 saturated heterocycles. The van der Waals surface area contributed by atoms with Gasteiger partial charge in [-0.1, -0.05) is 30.3 Å². The van der Waals surface area contributed by atoms with Crippen LogP contribution in [0.25, 0.3) is 10.4 Å². The molecule has 1 aliphatic heterocycles. The molecule has 0 N–H and O–H groups in total. The number of epoxide rings is 1. The molecule has 2 aliphatic rings. The molecule has 1 aromatic carbocycles. The van der Waals surface area contributed by atoms with Crippen molar-refractivity contribution in [3.63, 3.8) is 0 Å². The summed E-state index contributed by atoms with van der Waals surface area (Å²) in [6.45, 7) is 0.709. The zero-order chi connectivity index (χ0) is 12.7. The molecule has 0 radical (unpaired) electrons. The lowest BCUT2D eigenvalue weighted by Crippen LogP contribution is -2.15. The lowest BCUT2D eigenvalue weighted by atomic mass is 10.2. The van der Waals surface area contributed by atoms with Crippen LogP contribution < -0.4 is 0 Å². The molecule has 98 valence electrons. The summed E-state index contributed by atoms with van der Waals surface area (Å²) in [4.78, 5) is 1.31. The third-order valence-electron chi connectivity index (χ3n) is 3.90. The third kappa shape index (κ3) is 2.34. The summed E-state index contributed by atoms with van der Waals surface area (Å²) in [5, 5.41) is 2.20. The molecule has 2 nitrogen and oxygen atoms in total. The van der Waals surface area contributed by atoms with Crippen molar-refractivity contribution in [3.05, 3.63) is 47.3 Å². The van der Waals surface area contributed by atoms with Crippen molar-refractivity contribution in [3.8, 4) is 10.4 Å². The quantitative estimate of drug-likeness (QED) is 0.788. The maximum atomic E-state index is 5.97. The zero-order valence-electron chi connectivity index (χ0n) is 10.6. The second-order valence-electron chi connectivity index (χ2n) is 5.25. The molecular formula is C16H16O2S. The Kier molecular flexibility index (Phi) is 2.91. The Morgan fingerprint density at radius 3 is 2.84 bits per heavy atom. The molecule has 1 aliphatic carbocycles. The highest BCUT2D eigenvalue weighted by molar-refractivity contribution is 7.13. The zero-order valence-corrected chi connectivity index (χ0v) is 11.4. The third-order valence-corrected chi connectivity index (χ3v) is 4.93. The molecule has 3 atom stereocenters. The molecule has 0 amide bonds. The molecule has 1 aromatic heterocycles. The second-order valence-corrected chi connectivity index (χ2v) is 6.16. The average Bonchev–Trinajstić information content (AvgIpc) is 2.92. The summed E-state index contributed by atoms with van der Waals surface area (Å²) in [6.07, 6.45) is 3.56. The molecule has 4 rings (SSSR count). The van der Waals surface area contributed by atoms with E-state index in [2.05, 4.69) is 35.7 Å². The smallest absolute Gasteiger partial charge is 0.110 e. The SMILES string of the molecule is c1ccc(-c2cc(CO[C@H]3CC[C@H]4O[C@@H]34)cs2)cc1. The van der Waals surface area contributed by atoms with E-state index in [1.165, 1.54) is 22.4 Å². The van der Waals surface area contributed by atoms with E-state index in [0.29, 0.717) is 24.9 Å². The lowest BCUT2D eigenvalue weighted by Gasteiger charge is -2.11. The van der Waals surface area contributed by atoms with Gasteiger partial charge in [0.05, 0.1) is 18.8 Å². The minimum Gasteiger partial charge on any atom is -0.371 e. The fraction of sp³-hybridized carbons (Fsp3) is 0.375. The van der Waals surface area contributed by atoms with E-state index < -0.39 is 0 Å². The van der Waals surface area contributed by atoms with Crippen LogP contribution in [-0.4, -0.2) is 18.3 Å². The second kappa shape index (κ2) is 4.75.